The molecule has 2 aromatic rings. The fourth-order valence-electron chi connectivity index (χ4n) is 1.45. The van der Waals surface area contributed by atoms with Gasteiger partial charge in [0.15, 0.2) is 5.82 Å². The van der Waals surface area contributed by atoms with E-state index in [0.29, 0.717) is 5.69 Å². The summed E-state index contributed by atoms with van der Waals surface area (Å²) in [5.74, 6) is -1.25. The third-order valence-electron chi connectivity index (χ3n) is 2.37. The van der Waals surface area contributed by atoms with Crippen LogP contribution in [0.25, 0.3) is 0 Å². The second-order valence-electron chi connectivity index (χ2n) is 3.68. The number of nitrogens with one attached hydrogen (secondary N) is 1. The molecule has 98 valence electrons. The van der Waals surface area contributed by atoms with Crippen LogP contribution in [0.5, 0.6) is 0 Å². The summed E-state index contributed by atoms with van der Waals surface area (Å²) >= 11 is 11.2. The smallest absolute Gasteiger partial charge is 0.258 e. The quantitative estimate of drug-likeness (QED) is 0.629. The molecule has 6 heteroatoms. The van der Waals surface area contributed by atoms with E-state index < -0.39 is 11.7 Å². The predicted octanol–water partition coefficient (Wildman–Crippen LogP) is 5.10. The topological polar surface area (TPSA) is 29.1 Å². The fraction of sp³-hybridized carbons (Fsp3) is 0. The van der Waals surface area contributed by atoms with Crippen LogP contribution in [0.1, 0.15) is 10.4 Å². The second kappa shape index (κ2) is 6.19. The Kier molecular flexibility index (Phi) is 4.81. The molecule has 0 atom stereocenters. The van der Waals surface area contributed by atoms with Gasteiger partial charge in [-0.2, -0.15) is 0 Å². The van der Waals surface area contributed by atoms with E-state index in [0.717, 1.165) is 8.04 Å². The molecular weight excluding hydrogens is 447 g/mol. The summed E-state index contributed by atoms with van der Waals surface area (Å²) in [6, 6.07) is 9.65. The van der Waals surface area contributed by atoms with E-state index in [-0.39, 0.29) is 10.6 Å². The highest BCUT2D eigenvalue weighted by Gasteiger charge is 2.14. The minimum atomic E-state index is -0.716. The molecular formula is C13H7BrClFINO. The van der Waals surface area contributed by atoms with Gasteiger partial charge in [-0.1, -0.05) is 17.7 Å². The molecule has 0 aliphatic heterocycles. The average Bonchev–Trinajstić information content (AvgIpc) is 2.37. The van der Waals surface area contributed by atoms with Gasteiger partial charge in [0.05, 0.1) is 10.6 Å². The molecule has 0 fully saturated rings. The number of hydrogen-bond donors (Lipinski definition) is 1. The highest BCUT2D eigenvalue weighted by molar-refractivity contribution is 14.1. The number of hydrogen-bond acceptors (Lipinski definition) is 1. The lowest BCUT2D eigenvalue weighted by Gasteiger charge is -2.08. The van der Waals surface area contributed by atoms with Crippen molar-refractivity contribution in [1.29, 1.82) is 0 Å². The van der Waals surface area contributed by atoms with Crippen LogP contribution in [0.2, 0.25) is 5.02 Å². The van der Waals surface area contributed by atoms with Crippen molar-refractivity contribution < 1.29 is 9.18 Å². The molecule has 0 bridgehead atoms. The molecule has 0 radical (unpaired) electrons. The number of anilines is 1. The molecule has 0 saturated heterocycles. The molecule has 0 aliphatic carbocycles. The Hall–Kier alpha value is -0.660. The minimum Gasteiger partial charge on any atom is -0.322 e. The van der Waals surface area contributed by atoms with E-state index in [2.05, 4.69) is 43.8 Å². The van der Waals surface area contributed by atoms with E-state index in [1.165, 1.54) is 18.2 Å². The molecule has 19 heavy (non-hydrogen) atoms. The molecule has 2 rings (SSSR count). The standard InChI is InChI=1S/C13H7BrClFINO/c14-9-6-7(4-5-11(9)17)18-13(19)8-2-1-3-10(15)12(8)16/h1-6H,(H,18,19). The van der Waals surface area contributed by atoms with Gasteiger partial charge in [-0.25, -0.2) is 4.39 Å². The maximum atomic E-state index is 13.7. The van der Waals surface area contributed by atoms with Gasteiger partial charge in [-0.3, -0.25) is 4.79 Å². The number of carbonyl (C=O) groups is 1. The van der Waals surface area contributed by atoms with Crippen LogP contribution < -0.4 is 5.32 Å². The molecule has 0 heterocycles. The monoisotopic (exact) mass is 453 g/mol. The van der Waals surface area contributed by atoms with Gasteiger partial charge in [0.1, 0.15) is 0 Å². The molecule has 2 nitrogen and oxygen atoms in total. The van der Waals surface area contributed by atoms with Gasteiger partial charge < -0.3 is 5.32 Å². The molecule has 0 unspecified atom stereocenters. The summed E-state index contributed by atoms with van der Waals surface area (Å²) in [6.07, 6.45) is 0. The number of carbonyl (C=O) groups excluding carboxylic acids is 1. The molecule has 0 saturated carbocycles. The van der Waals surface area contributed by atoms with Crippen LogP contribution in [0.3, 0.4) is 0 Å². The number of halogens is 4. The zero-order chi connectivity index (χ0) is 14.0. The summed E-state index contributed by atoms with van der Waals surface area (Å²) in [5, 5.41) is 2.55. The number of rotatable bonds is 2. The van der Waals surface area contributed by atoms with Crippen LogP contribution in [0.4, 0.5) is 10.1 Å². The second-order valence-corrected chi connectivity index (χ2v) is 6.11. The summed E-state index contributed by atoms with van der Waals surface area (Å²) in [7, 11) is 0. The van der Waals surface area contributed by atoms with Gasteiger partial charge in [-0.15, -0.1) is 0 Å². The van der Waals surface area contributed by atoms with E-state index in [4.69, 9.17) is 11.6 Å². The molecule has 0 aliphatic rings. The van der Waals surface area contributed by atoms with E-state index in [9.17, 15) is 9.18 Å². The van der Waals surface area contributed by atoms with Gasteiger partial charge in [-0.05, 0) is 68.9 Å². The molecule has 0 aromatic heterocycles. The van der Waals surface area contributed by atoms with Gasteiger partial charge in [0.25, 0.3) is 5.91 Å². The Bertz CT molecular complexity index is 651. The Morgan fingerprint density at radius 1 is 1.32 bits per heavy atom. The maximum absolute atomic E-state index is 13.7. The maximum Gasteiger partial charge on any atom is 0.258 e. The first-order valence-corrected chi connectivity index (χ1v) is 7.44. The first-order chi connectivity index (χ1) is 8.99. The van der Waals surface area contributed by atoms with E-state index >= 15 is 0 Å². The largest absolute Gasteiger partial charge is 0.322 e. The van der Waals surface area contributed by atoms with Crippen molar-refractivity contribution in [1.82, 2.24) is 0 Å². The molecule has 1 N–H and O–H groups in total. The predicted molar refractivity (Wildman–Crippen MR) is 86.2 cm³/mol. The van der Waals surface area contributed by atoms with Crippen molar-refractivity contribution in [2.24, 2.45) is 0 Å². The van der Waals surface area contributed by atoms with Gasteiger partial charge >= 0.3 is 0 Å². The number of amides is 1. The van der Waals surface area contributed by atoms with Gasteiger partial charge in [0.2, 0.25) is 0 Å². The fourth-order valence-corrected chi connectivity index (χ4v) is 2.34. The number of benzene rings is 2. The van der Waals surface area contributed by atoms with E-state index in [1.54, 1.807) is 12.1 Å². The first kappa shape index (κ1) is 14.7. The lowest BCUT2D eigenvalue weighted by Crippen LogP contribution is -2.13. The minimum absolute atomic E-state index is 0.0727. The third kappa shape index (κ3) is 3.46. The summed E-state index contributed by atoms with van der Waals surface area (Å²) in [4.78, 5) is 12.0. The van der Waals surface area contributed by atoms with Crippen molar-refractivity contribution in [3.8, 4) is 0 Å². The van der Waals surface area contributed by atoms with Crippen molar-refractivity contribution in [3.05, 3.63) is 60.8 Å². The lowest BCUT2D eigenvalue weighted by atomic mass is 10.2. The van der Waals surface area contributed by atoms with Crippen LogP contribution in [-0.4, -0.2) is 5.91 Å². The van der Waals surface area contributed by atoms with Crippen molar-refractivity contribution in [3.63, 3.8) is 0 Å². The first-order valence-electron chi connectivity index (χ1n) is 5.19. The summed E-state index contributed by atoms with van der Waals surface area (Å²) < 4.78 is 15.6. The Balaban J connectivity index is 2.26. The highest BCUT2D eigenvalue weighted by Crippen LogP contribution is 2.24. The molecule has 0 spiro atoms. The Morgan fingerprint density at radius 3 is 2.74 bits per heavy atom. The van der Waals surface area contributed by atoms with Crippen LogP contribution in [0.15, 0.2) is 40.9 Å². The molecule has 2 aromatic carbocycles. The zero-order valence-electron chi connectivity index (χ0n) is 9.38. The van der Waals surface area contributed by atoms with Crippen molar-refractivity contribution in [2.45, 2.75) is 0 Å². The normalized spacial score (nSPS) is 10.3. The summed E-state index contributed by atoms with van der Waals surface area (Å²) in [5.41, 5.74) is 0.499. The van der Waals surface area contributed by atoms with Crippen molar-refractivity contribution in [2.75, 3.05) is 5.32 Å². The Labute approximate surface area is 136 Å². The van der Waals surface area contributed by atoms with Gasteiger partial charge in [0, 0.05) is 13.7 Å². The van der Waals surface area contributed by atoms with E-state index in [1.807, 2.05) is 6.07 Å². The average molecular weight is 454 g/mol. The third-order valence-corrected chi connectivity index (χ3v) is 5.00. The van der Waals surface area contributed by atoms with Crippen molar-refractivity contribution >= 4 is 61.7 Å². The van der Waals surface area contributed by atoms with Crippen LogP contribution in [0, 0.1) is 9.39 Å². The van der Waals surface area contributed by atoms with Crippen LogP contribution >= 0.6 is 50.1 Å². The lowest BCUT2D eigenvalue weighted by molar-refractivity contribution is 0.102. The zero-order valence-corrected chi connectivity index (χ0v) is 13.9. The summed E-state index contributed by atoms with van der Waals surface area (Å²) in [6.45, 7) is 0. The van der Waals surface area contributed by atoms with Crippen LogP contribution in [-0.2, 0) is 0 Å². The Morgan fingerprint density at radius 2 is 2.05 bits per heavy atom. The SMILES string of the molecule is O=C(Nc1ccc(I)c(Br)c1)c1cccc(Cl)c1F. The molecule has 1 amide bonds. The highest BCUT2D eigenvalue weighted by atomic mass is 127.